The quantitative estimate of drug-likeness (QED) is 0.0331. The van der Waals surface area contributed by atoms with Crippen molar-refractivity contribution in [1.29, 1.82) is 0 Å². The van der Waals surface area contributed by atoms with E-state index >= 15 is 9.59 Å². The van der Waals surface area contributed by atoms with Gasteiger partial charge in [-0.2, -0.15) is 0 Å². The van der Waals surface area contributed by atoms with Crippen molar-refractivity contribution in [3.63, 3.8) is 0 Å². The Morgan fingerprint density at radius 1 is 0.386 bits per heavy atom. The third-order valence-corrected chi connectivity index (χ3v) is 21.5. The second kappa shape index (κ2) is 31.9. The van der Waals surface area contributed by atoms with Gasteiger partial charge in [-0.1, -0.05) is 79.1 Å². The zero-order valence-electron chi connectivity index (χ0n) is 44.1. The first-order valence-electron chi connectivity index (χ1n) is 28.8. The van der Waals surface area contributed by atoms with E-state index < -0.39 is 0 Å². The van der Waals surface area contributed by atoms with Gasteiger partial charge in [0.2, 0.25) is 0 Å². The molecular formula is C62H90Br2N2O2Se2. The molecule has 6 rings (SSSR count). The summed E-state index contributed by atoms with van der Waals surface area (Å²) in [5.74, 6) is 1.27. The van der Waals surface area contributed by atoms with Crippen LogP contribution in [-0.2, 0) is 9.59 Å². The number of unbranched alkanes of at least 4 members (excludes halogenated alkanes) is 24. The number of fused-ring (bicyclic) bond motifs is 5. The van der Waals surface area contributed by atoms with Crippen LogP contribution in [0.1, 0.15) is 242 Å². The minimum absolute atomic E-state index is 0.0619. The van der Waals surface area contributed by atoms with Crippen LogP contribution in [0.2, 0.25) is 0 Å². The average Bonchev–Trinajstić information content (AvgIpc) is 4.12. The Labute approximate surface area is 454 Å². The second-order valence-corrected chi connectivity index (χ2v) is 29.8. The van der Waals surface area contributed by atoms with Crippen LogP contribution in [0.15, 0.2) is 55.2 Å². The van der Waals surface area contributed by atoms with Gasteiger partial charge in [-0.25, -0.2) is 0 Å². The number of anilines is 2. The van der Waals surface area contributed by atoms with E-state index in [9.17, 15) is 0 Å². The first-order chi connectivity index (χ1) is 34.3. The van der Waals surface area contributed by atoms with Crippen LogP contribution >= 0.6 is 31.9 Å². The topological polar surface area (TPSA) is 40.6 Å². The van der Waals surface area contributed by atoms with Crippen molar-refractivity contribution in [2.24, 2.45) is 11.8 Å². The van der Waals surface area contributed by atoms with E-state index in [0.717, 1.165) is 56.8 Å². The summed E-state index contributed by atoms with van der Waals surface area (Å²) in [6, 6.07) is 17.8. The molecule has 0 spiro atoms. The Balaban J connectivity index is 1.36. The smallest absolute Gasteiger partial charge is 0.0654 e. The molecule has 0 bridgehead atoms. The maximum absolute atomic E-state index is 15.3. The molecule has 2 aromatic carbocycles. The summed E-state index contributed by atoms with van der Waals surface area (Å²) in [5.41, 5.74) is 3.96. The number of hydrogen-bond acceptors (Lipinski definition) is 2. The Kier molecular flexibility index (Phi) is 26.3. The van der Waals surface area contributed by atoms with Gasteiger partial charge in [0.15, 0.2) is 0 Å². The molecule has 4 aromatic rings. The Morgan fingerprint density at radius 2 is 0.671 bits per heavy atom. The predicted molar refractivity (Wildman–Crippen MR) is 313 cm³/mol. The fourth-order valence-corrected chi connectivity index (χ4v) is 16.9. The van der Waals surface area contributed by atoms with Crippen molar-refractivity contribution in [2.75, 3.05) is 22.9 Å². The SMILES string of the molecule is CCCCCCCCCCC(CCCCCCCC)CN1C(=O)C(c2ccc(Br)[se]2)=c2ccc3c4c(ccc3c21)=C(c1ccc(Br)[se]1)C(=O)N4CC(CCCCCCCC)CCCCCCCCCC. The van der Waals surface area contributed by atoms with Gasteiger partial charge in [0.1, 0.15) is 0 Å². The summed E-state index contributed by atoms with van der Waals surface area (Å²) in [7, 11) is 0. The van der Waals surface area contributed by atoms with E-state index in [-0.39, 0.29) is 40.8 Å². The molecule has 4 heterocycles. The summed E-state index contributed by atoms with van der Waals surface area (Å²) in [5, 5.41) is 4.42. The first-order valence-corrected chi connectivity index (χ1v) is 33.8. The monoisotopic (exact) mass is 1210 g/mol. The number of carbonyl (C=O) groups excluding carboxylic acids is 2. The number of rotatable bonds is 38. The molecule has 8 heteroatoms. The van der Waals surface area contributed by atoms with Crippen LogP contribution in [0, 0.1) is 11.8 Å². The molecule has 386 valence electrons. The molecule has 0 aliphatic carbocycles. The molecule has 2 aliphatic heterocycles. The number of carbonyl (C=O) groups is 2. The van der Waals surface area contributed by atoms with Crippen LogP contribution in [0.4, 0.5) is 11.4 Å². The Bertz CT molecular complexity index is 2170. The van der Waals surface area contributed by atoms with Gasteiger partial charge in [-0.3, -0.25) is 0 Å². The van der Waals surface area contributed by atoms with Crippen molar-refractivity contribution in [3.8, 4) is 0 Å². The van der Waals surface area contributed by atoms with Crippen molar-refractivity contribution in [3.05, 3.63) is 74.5 Å². The summed E-state index contributed by atoms with van der Waals surface area (Å²) in [4.78, 5) is 35.0. The van der Waals surface area contributed by atoms with Crippen molar-refractivity contribution < 1.29 is 9.59 Å². The van der Waals surface area contributed by atoms with E-state index in [1.165, 1.54) is 221 Å². The molecule has 0 saturated carbocycles. The molecule has 4 nitrogen and oxygen atoms in total. The number of halogens is 2. The van der Waals surface area contributed by atoms with E-state index in [0.29, 0.717) is 11.8 Å². The molecule has 0 saturated heterocycles. The summed E-state index contributed by atoms with van der Waals surface area (Å²) in [6.07, 6.45) is 41.4. The fraction of sp³-hybridized carbons (Fsp3) is 0.645. The van der Waals surface area contributed by atoms with Gasteiger partial charge in [-0.15, -0.1) is 0 Å². The molecule has 2 atom stereocenters. The van der Waals surface area contributed by atoms with E-state index in [1.807, 2.05) is 0 Å². The van der Waals surface area contributed by atoms with E-state index in [2.05, 4.69) is 118 Å². The van der Waals surface area contributed by atoms with Crippen LogP contribution < -0.4 is 20.2 Å². The van der Waals surface area contributed by atoms with Crippen molar-refractivity contribution in [2.45, 2.75) is 233 Å². The van der Waals surface area contributed by atoms with Gasteiger partial charge in [-0.05, 0) is 0 Å². The average molecular weight is 1210 g/mol. The van der Waals surface area contributed by atoms with Crippen LogP contribution in [-0.4, -0.2) is 53.9 Å². The summed E-state index contributed by atoms with van der Waals surface area (Å²) in [6.45, 7) is 10.7. The van der Waals surface area contributed by atoms with Crippen LogP contribution in [0.3, 0.4) is 0 Å². The molecule has 0 radical (unpaired) electrons. The first kappa shape index (κ1) is 57.6. The fourth-order valence-electron chi connectivity index (χ4n) is 11.5. The summed E-state index contributed by atoms with van der Waals surface area (Å²) < 4.78 is 4.72. The van der Waals surface area contributed by atoms with E-state index in [1.54, 1.807) is 0 Å². The van der Waals surface area contributed by atoms with Crippen molar-refractivity contribution in [1.82, 2.24) is 0 Å². The molecule has 2 unspecified atom stereocenters. The van der Waals surface area contributed by atoms with Gasteiger partial charge in [0.05, 0.1) is 0 Å². The van der Waals surface area contributed by atoms with E-state index in [4.69, 9.17) is 0 Å². The van der Waals surface area contributed by atoms with Gasteiger partial charge in [0, 0.05) is 0 Å². The molecule has 0 fully saturated rings. The summed E-state index contributed by atoms with van der Waals surface area (Å²) >= 11 is 7.74. The number of hydrogen-bond donors (Lipinski definition) is 0. The standard InChI is InChI=1S/C62H90Br2N2O2Se2/c1-5-9-13-17-21-23-27-31-35-47(33-29-25-19-15-11-7-3)45-65-59-49-37-40-52-58(54-42-44-56(64)70-54)62(68)66(60(52)50(49)38-39-51(59)57(61(65)67)53-41-43-55(63)69-53)46-48(34-30-26-20-16-12-8-4)36-32-28-24-22-18-14-10-6-2/h37-44,47-48H,5-36,45-46H2,1-4H3. The second-order valence-electron chi connectivity index (χ2n) is 21.2. The normalized spacial score (nSPS) is 14.5. The number of benzene rings is 2. The molecule has 2 amide bonds. The van der Waals surface area contributed by atoms with Crippen LogP contribution in [0.25, 0.3) is 21.9 Å². The molecule has 2 aromatic heterocycles. The van der Waals surface area contributed by atoms with Crippen molar-refractivity contribution >= 4 is 106 Å². The maximum atomic E-state index is 15.3. The minimum Gasteiger partial charge on any atom is -0.0654 e. The third kappa shape index (κ3) is 16.7. The number of amides is 2. The zero-order valence-corrected chi connectivity index (χ0v) is 50.7. The minimum atomic E-state index is 0.0619. The molecule has 2 aliphatic rings. The van der Waals surface area contributed by atoms with Gasteiger partial charge in [0.25, 0.3) is 0 Å². The molecular weight excluding hydrogens is 1120 g/mol. The Morgan fingerprint density at radius 3 is 0.943 bits per heavy atom. The molecule has 0 N–H and O–H groups in total. The van der Waals surface area contributed by atoms with Crippen LogP contribution in [0.5, 0.6) is 0 Å². The molecule has 70 heavy (non-hydrogen) atoms. The third-order valence-electron chi connectivity index (χ3n) is 15.5. The van der Waals surface area contributed by atoms with Gasteiger partial charge < -0.3 is 0 Å². The number of nitrogens with zero attached hydrogens (tertiary/aromatic N) is 2. The Hall–Kier alpha value is -1.66. The predicted octanol–water partition coefficient (Wildman–Crippen LogP) is 17.4. The van der Waals surface area contributed by atoms with Gasteiger partial charge >= 0.3 is 379 Å². The zero-order chi connectivity index (χ0) is 49.5.